The molecule has 1 amide bonds. The van der Waals surface area contributed by atoms with Gasteiger partial charge in [0.2, 0.25) is 0 Å². The van der Waals surface area contributed by atoms with Crippen molar-refractivity contribution in [3.8, 4) is 0 Å². The van der Waals surface area contributed by atoms with Gasteiger partial charge in [-0.1, -0.05) is 0 Å². The van der Waals surface area contributed by atoms with Crippen LogP contribution in [-0.2, 0) is 9.47 Å². The fourth-order valence-electron chi connectivity index (χ4n) is 2.85. The second-order valence-corrected chi connectivity index (χ2v) is 5.23. The highest BCUT2D eigenvalue weighted by Gasteiger charge is 2.41. The quantitative estimate of drug-likeness (QED) is 0.778. The van der Waals surface area contributed by atoms with Crippen LogP contribution in [-0.4, -0.2) is 42.9 Å². The van der Waals surface area contributed by atoms with Crippen LogP contribution in [0.4, 0.5) is 0 Å². The number of amides is 1. The Labute approximate surface area is 112 Å². The van der Waals surface area contributed by atoms with Gasteiger partial charge < -0.3 is 18.8 Å². The second-order valence-electron chi connectivity index (χ2n) is 5.23. The maximum Gasteiger partial charge on any atom is 0.257 e. The van der Waals surface area contributed by atoms with Gasteiger partial charge in [-0.2, -0.15) is 0 Å². The molecule has 0 radical (unpaired) electrons. The number of hydrogen-bond donors (Lipinski definition) is 0. The maximum absolute atomic E-state index is 12.4. The van der Waals surface area contributed by atoms with E-state index in [9.17, 15) is 4.79 Å². The van der Waals surface area contributed by atoms with Gasteiger partial charge in [0.25, 0.3) is 5.91 Å². The van der Waals surface area contributed by atoms with Crippen LogP contribution in [0.3, 0.4) is 0 Å². The number of piperidine rings is 1. The Hall–Kier alpha value is -1.33. The molecule has 0 N–H and O–H groups in total. The van der Waals surface area contributed by atoms with Crippen LogP contribution in [0.15, 0.2) is 10.5 Å². The lowest BCUT2D eigenvalue weighted by atomic mass is 10.0. The number of aryl methyl sites for hydroxylation is 2. The van der Waals surface area contributed by atoms with Crippen molar-refractivity contribution in [1.82, 2.24) is 4.90 Å². The van der Waals surface area contributed by atoms with Crippen molar-refractivity contribution in [3.05, 3.63) is 23.2 Å². The molecule has 3 heterocycles. The first-order valence-electron chi connectivity index (χ1n) is 6.74. The fraction of sp³-hybridized carbons (Fsp3) is 0.643. The summed E-state index contributed by atoms with van der Waals surface area (Å²) in [5.74, 6) is 1.08. The topological polar surface area (TPSA) is 51.9 Å². The molecule has 1 spiro atoms. The molecule has 0 aliphatic carbocycles. The highest BCUT2D eigenvalue weighted by Crippen LogP contribution is 2.32. The third-order valence-corrected chi connectivity index (χ3v) is 3.90. The molecular formula is C14H19NO4. The minimum absolute atomic E-state index is 0.0437. The first-order chi connectivity index (χ1) is 9.10. The van der Waals surface area contributed by atoms with Gasteiger partial charge >= 0.3 is 0 Å². The van der Waals surface area contributed by atoms with Crippen molar-refractivity contribution >= 4 is 5.91 Å². The van der Waals surface area contributed by atoms with Crippen molar-refractivity contribution in [3.63, 3.8) is 0 Å². The molecule has 0 bridgehead atoms. The summed E-state index contributed by atoms with van der Waals surface area (Å²) >= 11 is 0. The number of ether oxygens (including phenoxy) is 2. The number of nitrogens with zero attached hydrogens (tertiary/aromatic N) is 1. The predicted molar refractivity (Wildman–Crippen MR) is 68.0 cm³/mol. The van der Waals surface area contributed by atoms with Crippen molar-refractivity contribution in [2.24, 2.45) is 0 Å². The molecule has 1 aromatic rings. The number of rotatable bonds is 1. The van der Waals surface area contributed by atoms with Gasteiger partial charge in [0, 0.05) is 25.9 Å². The molecule has 0 atom stereocenters. The Morgan fingerprint density at radius 2 is 1.84 bits per heavy atom. The van der Waals surface area contributed by atoms with Crippen molar-refractivity contribution in [2.75, 3.05) is 26.3 Å². The Morgan fingerprint density at radius 1 is 1.21 bits per heavy atom. The van der Waals surface area contributed by atoms with E-state index in [0.717, 1.165) is 18.6 Å². The minimum Gasteiger partial charge on any atom is -0.466 e. The Balaban J connectivity index is 1.68. The van der Waals surface area contributed by atoms with Gasteiger partial charge in [0.1, 0.15) is 11.5 Å². The predicted octanol–water partition coefficient (Wildman–Crippen LogP) is 1.88. The Kier molecular flexibility index (Phi) is 3.11. The van der Waals surface area contributed by atoms with Gasteiger partial charge in [-0.3, -0.25) is 4.79 Å². The molecular weight excluding hydrogens is 246 g/mol. The van der Waals surface area contributed by atoms with E-state index in [2.05, 4.69) is 0 Å². The average Bonchev–Trinajstić information content (AvgIpc) is 2.97. The molecule has 2 aliphatic rings. The lowest BCUT2D eigenvalue weighted by molar-refractivity contribution is -0.181. The molecule has 104 valence electrons. The molecule has 3 rings (SSSR count). The van der Waals surface area contributed by atoms with Crippen LogP contribution in [0.25, 0.3) is 0 Å². The van der Waals surface area contributed by atoms with Gasteiger partial charge in [0.05, 0.1) is 18.8 Å². The van der Waals surface area contributed by atoms with Gasteiger partial charge in [0.15, 0.2) is 5.79 Å². The zero-order chi connectivity index (χ0) is 13.5. The van der Waals surface area contributed by atoms with Gasteiger partial charge in [-0.25, -0.2) is 0 Å². The molecule has 19 heavy (non-hydrogen) atoms. The molecule has 0 aromatic carbocycles. The average molecular weight is 265 g/mol. The molecule has 2 saturated heterocycles. The third kappa shape index (κ3) is 2.28. The van der Waals surface area contributed by atoms with E-state index in [-0.39, 0.29) is 5.91 Å². The Bertz CT molecular complexity index is 478. The molecule has 1 aromatic heterocycles. The monoisotopic (exact) mass is 265 g/mol. The zero-order valence-corrected chi connectivity index (χ0v) is 11.4. The molecule has 0 unspecified atom stereocenters. The number of furan rings is 1. The number of carbonyl (C=O) groups excluding carboxylic acids is 1. The SMILES string of the molecule is Cc1cc(C(=O)N2CCC3(CC2)OCCO3)c(C)o1. The second kappa shape index (κ2) is 4.65. The molecule has 5 heteroatoms. The van der Waals surface area contributed by atoms with E-state index in [1.807, 2.05) is 24.8 Å². The molecule has 2 aliphatic heterocycles. The smallest absolute Gasteiger partial charge is 0.257 e. The first-order valence-corrected chi connectivity index (χ1v) is 6.74. The number of carbonyl (C=O) groups is 1. The van der Waals surface area contributed by atoms with E-state index in [1.54, 1.807) is 0 Å². The van der Waals surface area contributed by atoms with Crippen LogP contribution in [0.2, 0.25) is 0 Å². The minimum atomic E-state index is -0.432. The number of hydrogen-bond acceptors (Lipinski definition) is 4. The molecule has 5 nitrogen and oxygen atoms in total. The van der Waals surface area contributed by atoms with Crippen molar-refractivity contribution in [1.29, 1.82) is 0 Å². The maximum atomic E-state index is 12.4. The number of likely N-dealkylation sites (tertiary alicyclic amines) is 1. The van der Waals surface area contributed by atoms with Crippen molar-refractivity contribution < 1.29 is 18.7 Å². The van der Waals surface area contributed by atoms with Crippen LogP contribution in [0, 0.1) is 13.8 Å². The zero-order valence-electron chi connectivity index (χ0n) is 11.4. The van der Waals surface area contributed by atoms with Gasteiger partial charge in [-0.05, 0) is 19.9 Å². The van der Waals surface area contributed by atoms with Crippen LogP contribution in [0.5, 0.6) is 0 Å². The highest BCUT2D eigenvalue weighted by atomic mass is 16.7. The summed E-state index contributed by atoms with van der Waals surface area (Å²) < 4.78 is 16.8. The summed E-state index contributed by atoms with van der Waals surface area (Å²) in [7, 11) is 0. The van der Waals surface area contributed by atoms with E-state index >= 15 is 0 Å². The molecule has 2 fully saturated rings. The van der Waals surface area contributed by atoms with E-state index in [0.29, 0.717) is 37.6 Å². The summed E-state index contributed by atoms with van der Waals surface area (Å²) in [6.07, 6.45) is 1.49. The lowest BCUT2D eigenvalue weighted by Gasteiger charge is -2.37. The lowest BCUT2D eigenvalue weighted by Crippen LogP contribution is -2.47. The summed E-state index contributed by atoms with van der Waals surface area (Å²) in [5, 5.41) is 0. The van der Waals surface area contributed by atoms with Gasteiger partial charge in [-0.15, -0.1) is 0 Å². The normalized spacial score (nSPS) is 22.1. The standard InChI is InChI=1S/C14H19NO4/c1-10-9-12(11(2)19-10)13(16)15-5-3-14(4-6-15)17-7-8-18-14/h9H,3-8H2,1-2H3. The Morgan fingerprint density at radius 3 is 2.37 bits per heavy atom. The van der Waals surface area contributed by atoms with E-state index in [1.165, 1.54) is 0 Å². The third-order valence-electron chi connectivity index (χ3n) is 3.90. The first kappa shape index (κ1) is 12.7. The summed E-state index contributed by atoms with van der Waals surface area (Å²) in [5.41, 5.74) is 0.668. The highest BCUT2D eigenvalue weighted by molar-refractivity contribution is 5.95. The summed E-state index contributed by atoms with van der Waals surface area (Å²) in [6, 6.07) is 1.81. The largest absolute Gasteiger partial charge is 0.466 e. The summed E-state index contributed by atoms with van der Waals surface area (Å²) in [4.78, 5) is 14.3. The van der Waals surface area contributed by atoms with Crippen LogP contribution >= 0.6 is 0 Å². The van der Waals surface area contributed by atoms with Crippen LogP contribution in [0.1, 0.15) is 34.7 Å². The fourth-order valence-corrected chi connectivity index (χ4v) is 2.85. The summed E-state index contributed by atoms with van der Waals surface area (Å²) in [6.45, 7) is 6.34. The molecule has 0 saturated carbocycles. The van der Waals surface area contributed by atoms with E-state index < -0.39 is 5.79 Å². The van der Waals surface area contributed by atoms with Crippen LogP contribution < -0.4 is 0 Å². The van der Waals surface area contributed by atoms with Crippen molar-refractivity contribution in [2.45, 2.75) is 32.5 Å². The van der Waals surface area contributed by atoms with E-state index in [4.69, 9.17) is 13.9 Å².